The van der Waals surface area contributed by atoms with Crippen molar-refractivity contribution in [2.75, 3.05) is 18.7 Å². The second kappa shape index (κ2) is 18.6. The van der Waals surface area contributed by atoms with Crippen LogP contribution in [-0.2, 0) is 9.59 Å². The summed E-state index contributed by atoms with van der Waals surface area (Å²) in [4.78, 5) is 25.6. The second-order valence-corrected chi connectivity index (χ2v) is 21.9. The van der Waals surface area contributed by atoms with E-state index in [0.29, 0.717) is 78.1 Å². The minimum Gasteiger partial charge on any atom is -0.387 e. The lowest BCUT2D eigenvalue weighted by atomic mass is 9.49. The number of thiocarbonyl (C=S) groups is 2. The lowest BCUT2D eigenvalue weighted by Crippen LogP contribution is -2.52. The van der Waals surface area contributed by atoms with E-state index in [2.05, 4.69) is 54.2 Å². The van der Waals surface area contributed by atoms with Gasteiger partial charge in [0.05, 0.1) is 19.3 Å². The summed E-state index contributed by atoms with van der Waals surface area (Å²) in [6, 6.07) is 0. The summed E-state index contributed by atoms with van der Waals surface area (Å²) >= 11 is 11.8. The summed E-state index contributed by atoms with van der Waals surface area (Å²) in [7, 11) is 0. The fourth-order valence-corrected chi connectivity index (χ4v) is 15.8. The molecule has 0 radical (unpaired) electrons. The van der Waals surface area contributed by atoms with E-state index in [4.69, 9.17) is 2.74 Å². The van der Waals surface area contributed by atoms with Gasteiger partial charge in [0.15, 0.2) is 0 Å². The molecule has 2 N–H and O–H groups in total. The van der Waals surface area contributed by atoms with E-state index in [-0.39, 0.29) is 22.7 Å². The van der Waals surface area contributed by atoms with Crippen LogP contribution in [0.3, 0.4) is 0 Å². The van der Waals surface area contributed by atoms with Gasteiger partial charge in [-0.05, 0) is 217 Å². The third-order valence-corrected chi connectivity index (χ3v) is 18.3. The maximum atomic E-state index is 13.2. The summed E-state index contributed by atoms with van der Waals surface area (Å²) in [5.41, 5.74) is -1.65. The van der Waals surface area contributed by atoms with Gasteiger partial charge < -0.3 is 10.2 Å². The molecule has 0 amide bonds. The predicted octanol–water partition coefficient (Wildman–Crippen LogP) is 11.5. The Balaban J connectivity index is 0.000000184. The molecule has 0 aromatic heterocycles. The van der Waals surface area contributed by atoms with Gasteiger partial charge in [0.25, 0.3) is 0 Å². The largest absolute Gasteiger partial charge is 0.387 e. The predicted molar refractivity (Wildman–Crippen MR) is 231 cm³/mol. The van der Waals surface area contributed by atoms with Gasteiger partial charge in [-0.25, -0.2) is 8.78 Å². The highest BCUT2D eigenvalue weighted by Crippen LogP contribution is 2.66. The third-order valence-electron chi connectivity index (χ3n) is 17.7. The van der Waals surface area contributed by atoms with Crippen LogP contribution in [0.4, 0.5) is 8.78 Å². The molecule has 0 heterocycles. The zero-order valence-electron chi connectivity index (χ0n) is 36.4. The molecule has 8 fully saturated rings. The van der Waals surface area contributed by atoms with E-state index in [9.17, 15) is 28.6 Å². The van der Waals surface area contributed by atoms with Crippen LogP contribution in [0.5, 0.6) is 0 Å². The van der Waals surface area contributed by atoms with Crippen molar-refractivity contribution in [3.05, 3.63) is 0 Å². The number of halogens is 3. The van der Waals surface area contributed by atoms with Gasteiger partial charge in [0.1, 0.15) is 24.9 Å². The highest BCUT2D eigenvalue weighted by atomic mass is 79.9. The number of alkyl halides is 3. The molecule has 8 rings (SSSR count). The topological polar surface area (TPSA) is 74.6 Å². The van der Waals surface area contributed by atoms with Crippen LogP contribution in [0.15, 0.2) is 0 Å². The SMILES string of the molecule is CC(=O)[C@H]1CC[C@H]2[C@@H]3CC[C@@H]4C[C@@](O)(CF)CC[C@@H]4[C@H]3CC[C@]12C.CC(C)=S.C[C@]12CC[C@H]3[C@@H](CC[C@@H]4C[C@@](O)(CF)CC[C@@H]43)[C@@H]1CC[C@@H]2C(=O)CBr.[2H]C([2H])=S. The first-order valence-electron chi connectivity index (χ1n) is 22.9. The van der Waals surface area contributed by atoms with Crippen molar-refractivity contribution in [3.8, 4) is 0 Å². The Morgan fingerprint density at radius 3 is 1.44 bits per heavy atom. The number of hydrogen-bond acceptors (Lipinski definition) is 6. The molecule has 0 aliphatic heterocycles. The van der Waals surface area contributed by atoms with Gasteiger partial charge in [-0.1, -0.05) is 54.2 Å². The number of rotatable bonds is 5. The van der Waals surface area contributed by atoms with Gasteiger partial charge in [-0.3, -0.25) is 9.59 Å². The Kier molecular flexibility index (Phi) is 14.5. The molecule has 0 unspecified atom stereocenters. The molecule has 0 saturated heterocycles. The summed E-state index contributed by atoms with van der Waals surface area (Å²) < 4.78 is 38.4. The molecule has 9 heteroatoms. The van der Waals surface area contributed by atoms with Gasteiger partial charge >= 0.3 is 0 Å². The molecular weight excluding hydrogens is 799 g/mol. The molecule has 0 aromatic carbocycles. The van der Waals surface area contributed by atoms with Crippen LogP contribution in [0.2, 0.25) is 0 Å². The molecule has 314 valence electrons. The average molecular weight is 874 g/mol. The molecule has 8 saturated carbocycles. The highest BCUT2D eigenvalue weighted by molar-refractivity contribution is 9.09. The Morgan fingerprint density at radius 1 is 0.673 bits per heavy atom. The molecule has 0 aromatic rings. The second-order valence-electron chi connectivity index (χ2n) is 20.5. The van der Waals surface area contributed by atoms with E-state index in [1.165, 1.54) is 51.4 Å². The van der Waals surface area contributed by atoms with Crippen LogP contribution in [0.1, 0.15) is 153 Å². The van der Waals surface area contributed by atoms with Crippen molar-refractivity contribution in [2.45, 2.75) is 161 Å². The van der Waals surface area contributed by atoms with Crippen molar-refractivity contribution in [1.29, 1.82) is 0 Å². The maximum Gasteiger partial charge on any atom is 0.147 e. The summed E-state index contributed by atoms with van der Waals surface area (Å²) in [5, 5.41) is 21.3. The first kappa shape index (κ1) is 42.9. The van der Waals surface area contributed by atoms with Crippen molar-refractivity contribution < 1.29 is 31.3 Å². The molecule has 0 bridgehead atoms. The van der Waals surface area contributed by atoms with E-state index < -0.39 is 30.4 Å². The summed E-state index contributed by atoms with van der Waals surface area (Å²) in [6.07, 6.45) is 18.9. The number of ketones is 2. The average Bonchev–Trinajstić information content (AvgIpc) is 3.71. The Bertz CT molecular complexity index is 1440. The molecule has 8 aliphatic rings. The maximum absolute atomic E-state index is 13.2. The quantitative estimate of drug-likeness (QED) is 0.212. The first-order chi connectivity index (χ1) is 26.8. The van der Waals surface area contributed by atoms with Gasteiger partial charge in [-0.15, -0.1) is 0 Å². The van der Waals surface area contributed by atoms with E-state index in [0.717, 1.165) is 67.1 Å². The zero-order valence-corrected chi connectivity index (χ0v) is 37.7. The highest BCUT2D eigenvalue weighted by Gasteiger charge is 2.60. The number of aliphatic hydroxyl groups is 2. The minimum absolute atomic E-state index is 0.202. The van der Waals surface area contributed by atoms with E-state index in [1.54, 1.807) is 6.92 Å². The van der Waals surface area contributed by atoms with Crippen LogP contribution in [0.25, 0.3) is 0 Å². The number of carbonyl (C=O) groups excluding carboxylic acids is 2. The van der Waals surface area contributed by atoms with Gasteiger partial charge in [0.2, 0.25) is 0 Å². The number of hydrogen-bond donors (Lipinski definition) is 2. The lowest BCUT2D eigenvalue weighted by Gasteiger charge is -2.56. The molecule has 8 aliphatic carbocycles. The number of carbonyl (C=O) groups is 2. The van der Waals surface area contributed by atoms with Crippen molar-refractivity contribution in [2.24, 2.45) is 81.8 Å². The lowest BCUT2D eigenvalue weighted by molar-refractivity contribution is -0.132. The third kappa shape index (κ3) is 9.11. The molecule has 55 heavy (non-hydrogen) atoms. The van der Waals surface area contributed by atoms with Gasteiger partial charge in [-0.2, -0.15) is 0 Å². The Labute approximate surface area is 354 Å². The number of Topliss-reactive ketones (excluding diaryl/α,β-unsaturated/α-hetero) is 2. The van der Waals surface area contributed by atoms with E-state index >= 15 is 0 Å². The summed E-state index contributed by atoms with van der Waals surface area (Å²) in [6.45, 7) is 9.21. The normalized spacial score (nSPS) is 48.2. The molecule has 4 nitrogen and oxygen atoms in total. The molecule has 16 atom stereocenters. The minimum atomic E-state index is -1.04. The molecular formula is C46H73BrF2O4S2. The standard InChI is InChI=1S/C21H32BrFO2.C21H33FO2.C3H6S.CH2S/c1-20-8-6-15-14-7-9-21(25,12-23)10-13(14)2-3-16(15)17(20)4-5-18(20)19(24)11-22;1-13(23)18-5-6-19-17-4-3-14-11-21(24,12-22)10-8-15(14)16(17)7-9-20(18,19)2;1-3(2)4;1-2/h13-18,25H,2-12H2,1H3;14-19,24H,3-12H2,1-2H3;1-2H3;1H2/t13-,14+,15-,16-,17+,18-,20+,21-;14-,15+,16-,17-,18-,19+,20-,21-;;/m11../s1/i;;;1D2. The van der Waals surface area contributed by atoms with Gasteiger partial charge in [0, 0.05) is 11.8 Å². The fraction of sp³-hybridized carbons (Fsp3) is 0.913. The van der Waals surface area contributed by atoms with Crippen LogP contribution in [-0.4, -0.2) is 62.3 Å². The Morgan fingerprint density at radius 2 is 1.05 bits per heavy atom. The number of fused-ring (bicyclic) bond motifs is 10. The smallest absolute Gasteiger partial charge is 0.147 e. The monoisotopic (exact) mass is 872 g/mol. The molecule has 0 spiro atoms. The van der Waals surface area contributed by atoms with Crippen molar-refractivity contribution in [1.82, 2.24) is 0 Å². The van der Waals surface area contributed by atoms with E-state index in [1.807, 2.05) is 13.8 Å². The fourth-order valence-electron chi connectivity index (χ4n) is 15.5. The summed E-state index contributed by atoms with van der Waals surface area (Å²) in [5.74, 6) is 7.69. The van der Waals surface area contributed by atoms with Crippen LogP contribution in [0, 0.1) is 81.8 Å². The first-order valence-corrected chi connectivity index (χ1v) is 23.8. The van der Waals surface area contributed by atoms with Crippen molar-refractivity contribution in [3.63, 3.8) is 0 Å². The van der Waals surface area contributed by atoms with Crippen LogP contribution < -0.4 is 0 Å². The van der Waals surface area contributed by atoms with Crippen molar-refractivity contribution >= 4 is 62.6 Å². The van der Waals surface area contributed by atoms with Crippen LogP contribution >= 0.6 is 40.4 Å². The zero-order chi connectivity index (χ0) is 42.1. The Hall–Kier alpha value is -0.220.